The summed E-state index contributed by atoms with van der Waals surface area (Å²) >= 11 is 1.39. The third-order valence-corrected chi connectivity index (χ3v) is 4.07. The third-order valence-electron chi connectivity index (χ3n) is 2.45. The second-order valence-electron chi connectivity index (χ2n) is 3.78. The van der Waals surface area contributed by atoms with E-state index in [0.29, 0.717) is 6.42 Å². The molecule has 0 aliphatic carbocycles. The molecule has 0 aromatic heterocycles. The summed E-state index contributed by atoms with van der Waals surface area (Å²) in [6.07, 6.45) is 0.596. The predicted molar refractivity (Wildman–Crippen MR) is 64.6 cm³/mol. The van der Waals surface area contributed by atoms with Crippen LogP contribution in [0.25, 0.3) is 0 Å². The fourth-order valence-electron chi connectivity index (χ4n) is 1.40. The van der Waals surface area contributed by atoms with Crippen molar-refractivity contribution in [1.29, 1.82) is 0 Å². The number of carboxylic acid groups (broad SMARTS) is 1. The number of aliphatic carboxylic acids is 1. The van der Waals surface area contributed by atoms with Gasteiger partial charge in [-0.3, -0.25) is 0 Å². The van der Waals surface area contributed by atoms with Crippen molar-refractivity contribution in [2.75, 3.05) is 0 Å². The van der Waals surface area contributed by atoms with E-state index in [1.165, 1.54) is 18.7 Å². The Labute approximate surface area is 99.5 Å². The molecule has 0 saturated carbocycles. The highest BCUT2D eigenvalue weighted by Crippen LogP contribution is 2.32. The molecular weight excluding hydrogens is 224 g/mol. The Bertz CT molecular complexity index is 349. The van der Waals surface area contributed by atoms with Crippen molar-refractivity contribution < 1.29 is 15.0 Å². The molecule has 0 fully saturated rings. The van der Waals surface area contributed by atoms with Gasteiger partial charge in [-0.05, 0) is 25.5 Å². The number of hydrogen-bond donors (Lipinski definition) is 2. The highest BCUT2D eigenvalue weighted by Gasteiger charge is 2.38. The number of benzene rings is 1. The normalized spacial score (nSPS) is 16.4. The smallest absolute Gasteiger partial charge is 0.336 e. The van der Waals surface area contributed by atoms with E-state index in [-0.39, 0.29) is 5.25 Å². The predicted octanol–water partition coefficient (Wildman–Crippen LogP) is 2.39. The standard InChI is InChI=1S/C12H16O3S/c1-3-10(12(2,15)11(13)14)16-9-7-5-4-6-8-9/h4-8,10,15H,3H2,1-2H3,(H,13,14)/t10-,12-/m1/s1. The summed E-state index contributed by atoms with van der Waals surface area (Å²) < 4.78 is 0. The number of carbonyl (C=O) groups is 1. The molecule has 0 aliphatic rings. The van der Waals surface area contributed by atoms with Gasteiger partial charge in [0, 0.05) is 10.1 Å². The maximum atomic E-state index is 10.9. The Kier molecular flexibility index (Phi) is 4.38. The molecule has 0 amide bonds. The van der Waals surface area contributed by atoms with Gasteiger partial charge < -0.3 is 10.2 Å². The van der Waals surface area contributed by atoms with E-state index in [1.807, 2.05) is 37.3 Å². The largest absolute Gasteiger partial charge is 0.479 e. The van der Waals surface area contributed by atoms with Crippen LogP contribution in [0.15, 0.2) is 35.2 Å². The van der Waals surface area contributed by atoms with Gasteiger partial charge in [0.1, 0.15) is 0 Å². The number of thioether (sulfide) groups is 1. The van der Waals surface area contributed by atoms with Crippen LogP contribution in [0.5, 0.6) is 0 Å². The monoisotopic (exact) mass is 240 g/mol. The number of hydrogen-bond acceptors (Lipinski definition) is 3. The summed E-state index contributed by atoms with van der Waals surface area (Å²) in [6, 6.07) is 9.51. The molecule has 1 aromatic carbocycles. The van der Waals surface area contributed by atoms with Crippen LogP contribution in [0.1, 0.15) is 20.3 Å². The molecule has 2 N–H and O–H groups in total. The summed E-state index contributed by atoms with van der Waals surface area (Å²) in [5.74, 6) is -1.18. The highest BCUT2D eigenvalue weighted by atomic mass is 32.2. The van der Waals surface area contributed by atoms with Gasteiger partial charge in [0.15, 0.2) is 5.60 Å². The summed E-state index contributed by atoms with van der Waals surface area (Å²) in [7, 11) is 0. The molecule has 3 nitrogen and oxygen atoms in total. The minimum atomic E-state index is -1.70. The van der Waals surface area contributed by atoms with Crippen molar-refractivity contribution >= 4 is 17.7 Å². The topological polar surface area (TPSA) is 57.5 Å². The maximum absolute atomic E-state index is 10.9. The fraction of sp³-hybridized carbons (Fsp3) is 0.417. The molecule has 16 heavy (non-hydrogen) atoms. The van der Waals surface area contributed by atoms with Crippen LogP contribution in [0, 0.1) is 0 Å². The molecule has 88 valence electrons. The van der Waals surface area contributed by atoms with Crippen molar-refractivity contribution in [3.8, 4) is 0 Å². The van der Waals surface area contributed by atoms with Crippen LogP contribution in [-0.4, -0.2) is 27.0 Å². The van der Waals surface area contributed by atoms with Gasteiger partial charge >= 0.3 is 5.97 Å². The quantitative estimate of drug-likeness (QED) is 0.776. The van der Waals surface area contributed by atoms with E-state index in [0.717, 1.165) is 4.90 Å². The summed E-state index contributed by atoms with van der Waals surface area (Å²) in [5, 5.41) is 18.5. The first-order chi connectivity index (χ1) is 7.48. The van der Waals surface area contributed by atoms with Gasteiger partial charge in [0.05, 0.1) is 0 Å². The van der Waals surface area contributed by atoms with E-state index < -0.39 is 11.6 Å². The Morgan fingerprint density at radius 2 is 2.00 bits per heavy atom. The van der Waals surface area contributed by atoms with Crippen LogP contribution < -0.4 is 0 Å². The lowest BCUT2D eigenvalue weighted by Crippen LogP contribution is -2.44. The molecule has 0 bridgehead atoms. The number of carboxylic acids is 1. The molecule has 4 heteroatoms. The average Bonchev–Trinajstić information content (AvgIpc) is 2.26. The van der Waals surface area contributed by atoms with Gasteiger partial charge in [-0.25, -0.2) is 4.79 Å². The van der Waals surface area contributed by atoms with E-state index in [1.54, 1.807) is 0 Å². The number of rotatable bonds is 5. The summed E-state index contributed by atoms with van der Waals surface area (Å²) in [5.41, 5.74) is -1.70. The van der Waals surface area contributed by atoms with Crippen molar-refractivity contribution in [3.05, 3.63) is 30.3 Å². The van der Waals surface area contributed by atoms with Crippen molar-refractivity contribution in [2.24, 2.45) is 0 Å². The summed E-state index contributed by atoms with van der Waals surface area (Å²) in [6.45, 7) is 3.22. The lowest BCUT2D eigenvalue weighted by Gasteiger charge is -2.27. The lowest BCUT2D eigenvalue weighted by molar-refractivity contribution is -0.156. The van der Waals surface area contributed by atoms with Gasteiger partial charge in [-0.15, -0.1) is 11.8 Å². The second-order valence-corrected chi connectivity index (χ2v) is 5.06. The van der Waals surface area contributed by atoms with Crippen LogP contribution in [0.2, 0.25) is 0 Å². The third kappa shape index (κ3) is 3.00. The van der Waals surface area contributed by atoms with Crippen molar-refractivity contribution in [2.45, 2.75) is 36.0 Å². The minimum absolute atomic E-state index is 0.354. The molecule has 2 atom stereocenters. The molecule has 0 radical (unpaired) electrons. The zero-order chi connectivity index (χ0) is 12.2. The average molecular weight is 240 g/mol. The molecular formula is C12H16O3S. The van der Waals surface area contributed by atoms with E-state index in [4.69, 9.17) is 5.11 Å². The lowest BCUT2D eigenvalue weighted by atomic mass is 10.0. The first-order valence-corrected chi connectivity index (χ1v) is 6.04. The van der Waals surface area contributed by atoms with Gasteiger partial charge in [0.2, 0.25) is 0 Å². The van der Waals surface area contributed by atoms with Crippen LogP contribution >= 0.6 is 11.8 Å². The Hall–Kier alpha value is -1.00. The first-order valence-electron chi connectivity index (χ1n) is 5.16. The Morgan fingerprint density at radius 3 is 2.44 bits per heavy atom. The van der Waals surface area contributed by atoms with Crippen LogP contribution in [-0.2, 0) is 4.79 Å². The van der Waals surface area contributed by atoms with Crippen molar-refractivity contribution in [1.82, 2.24) is 0 Å². The molecule has 0 saturated heterocycles. The van der Waals surface area contributed by atoms with Crippen LogP contribution in [0.4, 0.5) is 0 Å². The maximum Gasteiger partial charge on any atom is 0.336 e. The van der Waals surface area contributed by atoms with Crippen LogP contribution in [0.3, 0.4) is 0 Å². The number of aliphatic hydroxyl groups is 1. The van der Waals surface area contributed by atoms with Gasteiger partial charge in [-0.1, -0.05) is 25.1 Å². The van der Waals surface area contributed by atoms with Gasteiger partial charge in [0.25, 0.3) is 0 Å². The molecule has 1 rings (SSSR count). The highest BCUT2D eigenvalue weighted by molar-refractivity contribution is 8.00. The van der Waals surface area contributed by atoms with E-state index >= 15 is 0 Å². The Morgan fingerprint density at radius 1 is 1.44 bits per heavy atom. The SMILES string of the molecule is CC[C@@H](Sc1ccccc1)[C@@](C)(O)C(=O)O. The Balaban J connectivity index is 2.81. The second kappa shape index (κ2) is 5.37. The molecule has 0 unspecified atom stereocenters. The van der Waals surface area contributed by atoms with Gasteiger partial charge in [-0.2, -0.15) is 0 Å². The molecule has 0 spiro atoms. The molecule has 1 aromatic rings. The summed E-state index contributed by atoms with van der Waals surface area (Å²) in [4.78, 5) is 11.9. The fourth-order valence-corrected chi connectivity index (χ4v) is 2.54. The zero-order valence-corrected chi connectivity index (χ0v) is 10.2. The molecule has 0 aliphatic heterocycles. The van der Waals surface area contributed by atoms with E-state index in [9.17, 15) is 9.90 Å². The van der Waals surface area contributed by atoms with Crippen molar-refractivity contribution in [3.63, 3.8) is 0 Å². The first kappa shape index (κ1) is 13.1. The van der Waals surface area contributed by atoms with E-state index in [2.05, 4.69) is 0 Å². The zero-order valence-electron chi connectivity index (χ0n) is 9.38. The molecule has 0 heterocycles. The minimum Gasteiger partial charge on any atom is -0.479 e.